The molecule has 0 unspecified atom stereocenters. The smallest absolute Gasteiger partial charge is 0.197 e. The largest absolute Gasteiger partial charge is 0.502 e. The maximum Gasteiger partial charge on any atom is 0.502 e. The first-order valence-electron chi connectivity index (χ1n) is 1.46. The van der Waals surface area contributed by atoms with Gasteiger partial charge >= 0.3 is 6.30 Å². The molecule has 0 saturated carbocycles. The number of hydrogen-bond donors (Lipinski definition) is 0. The van der Waals surface area contributed by atoms with Crippen molar-refractivity contribution in [1.82, 2.24) is 0 Å². The zero-order valence-corrected chi connectivity index (χ0v) is 3.37. The lowest BCUT2D eigenvalue weighted by molar-refractivity contribution is -0.118. The van der Waals surface area contributed by atoms with Crippen molar-refractivity contribution in [3.05, 3.63) is 6.92 Å². The van der Waals surface area contributed by atoms with Crippen LogP contribution in [-0.2, 0) is 0 Å². The van der Waals surface area contributed by atoms with Gasteiger partial charge in [-0.3, -0.25) is 0 Å². The molecule has 0 fully saturated rings. The summed E-state index contributed by atoms with van der Waals surface area (Å²) in [7, 11) is 0. The third kappa shape index (κ3) is 5.46. The first kappa shape index (κ1) is 6.46. The van der Waals surface area contributed by atoms with Crippen molar-refractivity contribution in [2.24, 2.45) is 4.99 Å². The van der Waals surface area contributed by atoms with Gasteiger partial charge in [0, 0.05) is 6.21 Å². The van der Waals surface area contributed by atoms with E-state index in [2.05, 4.69) is 6.92 Å². The molecule has 0 bridgehead atoms. The van der Waals surface area contributed by atoms with E-state index >= 15 is 0 Å². The molecule has 0 spiro atoms. The second kappa shape index (κ2) is 1.95. The van der Waals surface area contributed by atoms with Gasteiger partial charge in [-0.1, -0.05) is 0 Å². The van der Waals surface area contributed by atoms with Crippen LogP contribution in [0.5, 0.6) is 0 Å². The SMILES string of the molecule is [CH2]C=NC(F)(F)F. The minimum absolute atomic E-state index is 0.458. The number of rotatable bonds is 0. The van der Waals surface area contributed by atoms with E-state index in [0.29, 0.717) is 6.21 Å². The third-order valence-corrected chi connectivity index (χ3v) is 0.238. The van der Waals surface area contributed by atoms with Gasteiger partial charge in [0.1, 0.15) is 0 Å². The number of alkyl halides is 3. The van der Waals surface area contributed by atoms with Crippen molar-refractivity contribution >= 4 is 6.21 Å². The predicted molar refractivity (Wildman–Crippen MR) is 19.9 cm³/mol. The van der Waals surface area contributed by atoms with Crippen LogP contribution in [0.15, 0.2) is 4.99 Å². The molecule has 0 aromatic rings. The molecule has 0 aromatic carbocycles. The van der Waals surface area contributed by atoms with Gasteiger partial charge in [-0.2, -0.15) is 4.99 Å². The lowest BCUT2D eigenvalue weighted by atomic mass is 10.9. The minimum Gasteiger partial charge on any atom is -0.197 e. The highest BCUT2D eigenvalue weighted by Crippen LogP contribution is 2.14. The Hall–Kier alpha value is -0.540. The molecule has 0 aliphatic carbocycles. The fourth-order valence-corrected chi connectivity index (χ4v) is 0.104. The van der Waals surface area contributed by atoms with Gasteiger partial charge in [-0.25, -0.2) is 0 Å². The quantitative estimate of drug-likeness (QED) is 0.330. The van der Waals surface area contributed by atoms with Gasteiger partial charge in [0.05, 0.1) is 0 Å². The Morgan fingerprint density at radius 3 is 1.86 bits per heavy atom. The first-order valence-corrected chi connectivity index (χ1v) is 1.46. The average molecular weight is 110 g/mol. The molecule has 1 radical (unpaired) electrons. The van der Waals surface area contributed by atoms with Crippen LogP contribution in [0.4, 0.5) is 13.2 Å². The van der Waals surface area contributed by atoms with Crippen LogP contribution in [0.1, 0.15) is 0 Å². The summed E-state index contributed by atoms with van der Waals surface area (Å²) in [6.07, 6.45) is -3.98. The van der Waals surface area contributed by atoms with Gasteiger partial charge in [0.25, 0.3) is 0 Å². The van der Waals surface area contributed by atoms with Gasteiger partial charge in [-0.05, 0) is 6.92 Å². The summed E-state index contributed by atoms with van der Waals surface area (Å²) in [4.78, 5) is 2.02. The maximum absolute atomic E-state index is 10.8. The summed E-state index contributed by atoms with van der Waals surface area (Å²) in [6.45, 7) is 2.76. The van der Waals surface area contributed by atoms with Gasteiger partial charge in [0.2, 0.25) is 0 Å². The maximum atomic E-state index is 10.8. The van der Waals surface area contributed by atoms with E-state index in [1.54, 1.807) is 0 Å². The number of hydrogen-bond acceptors (Lipinski definition) is 1. The summed E-state index contributed by atoms with van der Waals surface area (Å²) < 4.78 is 32.5. The van der Waals surface area contributed by atoms with E-state index in [1.807, 2.05) is 4.99 Å². The monoisotopic (exact) mass is 110 g/mol. The second-order valence-electron chi connectivity index (χ2n) is 0.780. The molecule has 0 saturated heterocycles. The highest BCUT2D eigenvalue weighted by molar-refractivity contribution is 5.61. The van der Waals surface area contributed by atoms with Crippen LogP contribution in [0, 0.1) is 6.92 Å². The molecule has 1 nitrogen and oxygen atoms in total. The lowest BCUT2D eigenvalue weighted by Crippen LogP contribution is -2.00. The summed E-state index contributed by atoms with van der Waals surface area (Å²) in [5.41, 5.74) is 0. The van der Waals surface area contributed by atoms with Crippen molar-refractivity contribution in [1.29, 1.82) is 0 Å². The molecule has 4 heteroatoms. The number of halogens is 3. The molecule has 0 amide bonds. The van der Waals surface area contributed by atoms with Crippen LogP contribution >= 0.6 is 0 Å². The molecule has 0 N–H and O–H groups in total. The van der Waals surface area contributed by atoms with E-state index in [-0.39, 0.29) is 0 Å². The van der Waals surface area contributed by atoms with E-state index in [0.717, 1.165) is 0 Å². The normalized spacial score (nSPS) is 13.1. The van der Waals surface area contributed by atoms with Crippen molar-refractivity contribution < 1.29 is 13.2 Å². The molecule has 0 aromatic heterocycles. The van der Waals surface area contributed by atoms with E-state index < -0.39 is 6.30 Å². The van der Waals surface area contributed by atoms with Crippen LogP contribution in [0.3, 0.4) is 0 Å². The Balaban J connectivity index is 3.56. The summed E-state index contributed by atoms with van der Waals surface area (Å²) in [6, 6.07) is 0. The summed E-state index contributed by atoms with van der Waals surface area (Å²) in [5, 5.41) is 0. The van der Waals surface area contributed by atoms with Crippen molar-refractivity contribution in [2.75, 3.05) is 0 Å². The number of aliphatic imine (C=N–C) groups is 1. The first-order chi connectivity index (χ1) is 3.06. The van der Waals surface area contributed by atoms with Crippen molar-refractivity contribution in [3.8, 4) is 0 Å². The average Bonchev–Trinajstić information content (AvgIpc) is 1.30. The highest BCUT2D eigenvalue weighted by atomic mass is 19.4. The molecular weight excluding hydrogens is 107 g/mol. The van der Waals surface area contributed by atoms with Crippen LogP contribution in [-0.4, -0.2) is 12.5 Å². The molecule has 0 atom stereocenters. The van der Waals surface area contributed by atoms with Crippen molar-refractivity contribution in [2.45, 2.75) is 6.30 Å². The summed E-state index contributed by atoms with van der Waals surface area (Å²) >= 11 is 0. The van der Waals surface area contributed by atoms with E-state index in [9.17, 15) is 13.2 Å². The Labute approximate surface area is 38.9 Å². The summed E-state index contributed by atoms with van der Waals surface area (Å²) in [5.74, 6) is 0. The lowest BCUT2D eigenvalue weighted by Gasteiger charge is -1.92. The fourth-order valence-electron chi connectivity index (χ4n) is 0.104. The van der Waals surface area contributed by atoms with Crippen LogP contribution < -0.4 is 0 Å². The second-order valence-corrected chi connectivity index (χ2v) is 0.780. The fraction of sp³-hybridized carbons (Fsp3) is 0.333. The Kier molecular flexibility index (Phi) is 1.80. The Bertz CT molecular complexity index is 72.7. The molecule has 7 heavy (non-hydrogen) atoms. The standard InChI is InChI=1S/C3H3F3N/c1-2-7-3(4,5)6/h2H,1H2. The van der Waals surface area contributed by atoms with E-state index in [1.165, 1.54) is 0 Å². The number of nitrogens with zero attached hydrogens (tertiary/aromatic N) is 1. The van der Waals surface area contributed by atoms with Crippen molar-refractivity contribution in [3.63, 3.8) is 0 Å². The zero-order chi connectivity index (χ0) is 5.91. The van der Waals surface area contributed by atoms with Gasteiger partial charge in [0.15, 0.2) is 0 Å². The van der Waals surface area contributed by atoms with Crippen LogP contribution in [0.2, 0.25) is 0 Å². The molecule has 0 aliphatic heterocycles. The topological polar surface area (TPSA) is 12.4 Å². The zero-order valence-electron chi connectivity index (χ0n) is 3.37. The minimum atomic E-state index is -4.44. The molecule has 0 aliphatic rings. The van der Waals surface area contributed by atoms with Gasteiger partial charge < -0.3 is 0 Å². The Morgan fingerprint density at radius 2 is 1.86 bits per heavy atom. The predicted octanol–water partition coefficient (Wildman–Crippen LogP) is 1.41. The molecule has 0 heterocycles. The van der Waals surface area contributed by atoms with E-state index in [4.69, 9.17) is 0 Å². The molecule has 0 rings (SSSR count). The molecular formula is C3H3F3N. The highest BCUT2D eigenvalue weighted by Gasteiger charge is 2.23. The molecule has 41 valence electrons. The Morgan fingerprint density at radius 1 is 1.43 bits per heavy atom. The van der Waals surface area contributed by atoms with Crippen LogP contribution in [0.25, 0.3) is 0 Å². The third-order valence-electron chi connectivity index (χ3n) is 0.238. The van der Waals surface area contributed by atoms with Gasteiger partial charge in [-0.15, -0.1) is 13.2 Å².